The quantitative estimate of drug-likeness (QED) is 0.427. The van der Waals surface area contributed by atoms with Gasteiger partial charge in [-0.25, -0.2) is 0 Å². The zero-order chi connectivity index (χ0) is 28.8. The highest BCUT2D eigenvalue weighted by Gasteiger charge is 2.76. The molecule has 1 spiro atoms. The predicted octanol–water partition coefficient (Wildman–Crippen LogP) is 3.87. The highest BCUT2D eigenvalue weighted by Crippen LogP contribution is 2.59. The third kappa shape index (κ3) is 4.40. The van der Waals surface area contributed by atoms with Gasteiger partial charge in [0, 0.05) is 12.2 Å². The molecule has 0 radical (unpaired) electrons. The number of allylic oxidation sites excluding steroid dienone is 1. The molecule has 216 valence electrons. The molecule has 4 aliphatic rings. The molecule has 1 N–H and O–H groups in total. The Morgan fingerprint density at radius 1 is 1.07 bits per heavy atom. The van der Waals surface area contributed by atoms with E-state index in [0.29, 0.717) is 25.8 Å². The molecule has 1 unspecified atom stereocenters. The van der Waals surface area contributed by atoms with Crippen molar-refractivity contribution in [2.45, 2.75) is 83.6 Å². The summed E-state index contributed by atoms with van der Waals surface area (Å²) in [4.78, 5) is 46.3. The van der Waals surface area contributed by atoms with Crippen LogP contribution < -0.4 is 4.90 Å². The summed E-state index contributed by atoms with van der Waals surface area (Å²) >= 11 is 0. The fourth-order valence-electron chi connectivity index (χ4n) is 7.25. The maximum absolute atomic E-state index is 14.8. The largest absolute Gasteiger partial charge is 0.465 e. The Labute approximate surface area is 237 Å². The normalized spacial score (nSPS) is 33.5. The van der Waals surface area contributed by atoms with Gasteiger partial charge in [-0.1, -0.05) is 57.2 Å². The SMILES string of the molecule is CC[C@@]12/C=C\CCCOC(=O)[C@@H]1[C@H]1C(=O)N([C@@H](CO)CC(C)C)C3C(=O)N(c4cc(C)ccc4C)CC=C[C@@]31O2. The molecule has 0 aliphatic carbocycles. The maximum Gasteiger partial charge on any atom is 0.313 e. The summed E-state index contributed by atoms with van der Waals surface area (Å²) < 4.78 is 12.7. The maximum atomic E-state index is 14.8. The van der Waals surface area contributed by atoms with Crippen LogP contribution in [0.2, 0.25) is 0 Å². The summed E-state index contributed by atoms with van der Waals surface area (Å²) in [5.74, 6) is -2.77. The van der Waals surface area contributed by atoms with Gasteiger partial charge in [-0.2, -0.15) is 0 Å². The van der Waals surface area contributed by atoms with Gasteiger partial charge in [0.05, 0.1) is 25.2 Å². The standard InChI is InChI=1S/C32H42N2O6/c1-6-31-13-8-7-9-16-39-30(38)26(31)25-28(36)34(23(19-35)17-20(2)3)27-29(37)33(15-10-14-32(25,27)40-31)24-18-21(4)11-12-22(24)5/h8,10-14,18,20,23,25-27,35H,6-7,9,15-17,19H2,1-5H3/b13-8-/t23-,25+,26+,27?,31-,32+/m1/s1. The summed E-state index contributed by atoms with van der Waals surface area (Å²) in [6.07, 6.45) is 10.0. The number of ether oxygens (including phenoxy) is 2. The van der Waals surface area contributed by atoms with E-state index in [9.17, 15) is 19.5 Å². The van der Waals surface area contributed by atoms with Crippen molar-refractivity contribution in [2.75, 3.05) is 24.7 Å². The first-order valence-electron chi connectivity index (χ1n) is 14.6. The second-order valence-corrected chi connectivity index (χ2v) is 12.2. The number of amides is 2. The van der Waals surface area contributed by atoms with E-state index in [1.165, 1.54) is 0 Å². The Balaban J connectivity index is 1.71. The van der Waals surface area contributed by atoms with Crippen LogP contribution in [0.3, 0.4) is 0 Å². The van der Waals surface area contributed by atoms with Gasteiger partial charge in [-0.05, 0) is 62.6 Å². The van der Waals surface area contributed by atoms with Gasteiger partial charge in [-0.3, -0.25) is 14.4 Å². The van der Waals surface area contributed by atoms with Gasteiger partial charge < -0.3 is 24.4 Å². The van der Waals surface area contributed by atoms with Crippen LogP contribution in [0.5, 0.6) is 0 Å². The number of fused-ring (bicyclic) bond motifs is 2. The summed E-state index contributed by atoms with van der Waals surface area (Å²) in [7, 11) is 0. The van der Waals surface area contributed by atoms with Crippen LogP contribution in [0, 0.1) is 31.6 Å². The second kappa shape index (κ2) is 10.8. The molecule has 4 aliphatic heterocycles. The minimum absolute atomic E-state index is 0.168. The van der Waals surface area contributed by atoms with Crippen LogP contribution in [0.15, 0.2) is 42.5 Å². The molecule has 40 heavy (non-hydrogen) atoms. The Kier molecular flexibility index (Phi) is 7.70. The Hall–Kier alpha value is -2.97. The van der Waals surface area contributed by atoms with E-state index >= 15 is 0 Å². The third-order valence-corrected chi connectivity index (χ3v) is 9.07. The van der Waals surface area contributed by atoms with Crippen molar-refractivity contribution < 1.29 is 29.0 Å². The van der Waals surface area contributed by atoms with Crippen molar-refractivity contribution in [1.82, 2.24) is 4.90 Å². The summed E-state index contributed by atoms with van der Waals surface area (Å²) in [6.45, 7) is 10.2. The van der Waals surface area contributed by atoms with Crippen molar-refractivity contribution >= 4 is 23.5 Å². The van der Waals surface area contributed by atoms with Gasteiger partial charge in [0.1, 0.15) is 23.2 Å². The minimum atomic E-state index is -1.38. The number of hydrogen-bond acceptors (Lipinski definition) is 6. The van der Waals surface area contributed by atoms with E-state index in [1.54, 1.807) is 9.80 Å². The van der Waals surface area contributed by atoms with Crippen molar-refractivity contribution in [3.63, 3.8) is 0 Å². The molecule has 4 heterocycles. The van der Waals surface area contributed by atoms with E-state index in [-0.39, 0.29) is 30.9 Å². The van der Waals surface area contributed by atoms with Crippen LogP contribution in [0.25, 0.3) is 0 Å². The van der Waals surface area contributed by atoms with Crippen LogP contribution in [0.1, 0.15) is 57.6 Å². The van der Waals surface area contributed by atoms with Crippen molar-refractivity contribution in [2.24, 2.45) is 17.8 Å². The first kappa shape index (κ1) is 28.6. The average Bonchev–Trinajstić information content (AvgIpc) is 3.30. The summed E-state index contributed by atoms with van der Waals surface area (Å²) in [5.41, 5.74) is 0.271. The number of aliphatic hydroxyl groups is 1. The molecule has 0 aromatic heterocycles. The molecule has 6 atom stereocenters. The predicted molar refractivity (Wildman–Crippen MR) is 152 cm³/mol. The molecule has 1 aromatic carbocycles. The smallest absolute Gasteiger partial charge is 0.313 e. The lowest BCUT2D eigenvalue weighted by atomic mass is 9.73. The van der Waals surface area contributed by atoms with Gasteiger partial charge in [0.15, 0.2) is 0 Å². The van der Waals surface area contributed by atoms with Crippen LogP contribution in [0.4, 0.5) is 5.69 Å². The molecule has 2 saturated heterocycles. The number of carbonyl (C=O) groups is 3. The van der Waals surface area contributed by atoms with Crippen molar-refractivity contribution in [3.8, 4) is 0 Å². The number of esters is 1. The number of rotatable bonds is 6. The van der Waals surface area contributed by atoms with Gasteiger partial charge in [-0.15, -0.1) is 0 Å². The lowest BCUT2D eigenvalue weighted by Crippen LogP contribution is -2.59. The van der Waals surface area contributed by atoms with Gasteiger partial charge in [0.25, 0.3) is 5.91 Å². The Morgan fingerprint density at radius 3 is 2.55 bits per heavy atom. The molecular formula is C32H42N2O6. The molecular weight excluding hydrogens is 508 g/mol. The summed E-state index contributed by atoms with van der Waals surface area (Å²) in [5, 5.41) is 10.5. The van der Waals surface area contributed by atoms with Crippen LogP contribution in [-0.4, -0.2) is 70.8 Å². The molecule has 0 saturated carbocycles. The number of hydrogen-bond donors (Lipinski definition) is 1. The van der Waals surface area contributed by atoms with E-state index in [2.05, 4.69) is 0 Å². The molecule has 5 rings (SSSR count). The number of benzene rings is 1. The Bertz CT molecular complexity index is 1240. The first-order chi connectivity index (χ1) is 19.1. The average molecular weight is 551 g/mol. The number of carbonyl (C=O) groups excluding carboxylic acids is 3. The number of nitrogens with zero attached hydrogens (tertiary/aromatic N) is 2. The second-order valence-electron chi connectivity index (χ2n) is 12.2. The van der Waals surface area contributed by atoms with E-state index in [4.69, 9.17) is 9.47 Å². The molecule has 2 amide bonds. The van der Waals surface area contributed by atoms with E-state index in [1.807, 2.05) is 77.1 Å². The monoisotopic (exact) mass is 550 g/mol. The lowest BCUT2D eigenvalue weighted by molar-refractivity contribution is -0.161. The highest BCUT2D eigenvalue weighted by atomic mass is 16.6. The lowest BCUT2D eigenvalue weighted by Gasteiger charge is -2.41. The van der Waals surface area contributed by atoms with E-state index in [0.717, 1.165) is 23.2 Å². The summed E-state index contributed by atoms with van der Waals surface area (Å²) in [6, 6.07) is 4.34. The zero-order valence-electron chi connectivity index (χ0n) is 24.3. The molecule has 1 aromatic rings. The van der Waals surface area contributed by atoms with Crippen molar-refractivity contribution in [3.05, 3.63) is 53.6 Å². The van der Waals surface area contributed by atoms with Crippen molar-refractivity contribution in [1.29, 1.82) is 0 Å². The van der Waals surface area contributed by atoms with Gasteiger partial charge >= 0.3 is 5.97 Å². The third-order valence-electron chi connectivity index (χ3n) is 9.07. The van der Waals surface area contributed by atoms with Crippen LogP contribution >= 0.6 is 0 Å². The van der Waals surface area contributed by atoms with E-state index < -0.39 is 41.1 Å². The zero-order valence-corrected chi connectivity index (χ0v) is 24.3. The topological polar surface area (TPSA) is 96.4 Å². The number of aliphatic hydroxyl groups excluding tert-OH is 1. The molecule has 8 heteroatoms. The number of aryl methyl sites for hydroxylation is 2. The molecule has 2 fully saturated rings. The van der Waals surface area contributed by atoms with Crippen LogP contribution in [-0.2, 0) is 23.9 Å². The fourth-order valence-corrected chi connectivity index (χ4v) is 7.25. The molecule has 0 bridgehead atoms. The molecule has 8 nitrogen and oxygen atoms in total. The highest BCUT2D eigenvalue weighted by molar-refractivity contribution is 6.06. The van der Waals surface area contributed by atoms with Gasteiger partial charge in [0.2, 0.25) is 5.91 Å². The first-order valence-corrected chi connectivity index (χ1v) is 14.6. The number of cyclic esters (lactones) is 1. The number of anilines is 1. The Morgan fingerprint density at radius 2 is 1.85 bits per heavy atom. The minimum Gasteiger partial charge on any atom is -0.465 e. The fraction of sp³-hybridized carbons (Fsp3) is 0.594. The number of likely N-dealkylation sites (tertiary alicyclic amines) is 1.